The summed E-state index contributed by atoms with van der Waals surface area (Å²) >= 11 is 1.60. The van der Waals surface area contributed by atoms with Crippen molar-refractivity contribution in [2.45, 2.75) is 25.9 Å². The van der Waals surface area contributed by atoms with Gasteiger partial charge >= 0.3 is 5.97 Å². The van der Waals surface area contributed by atoms with Crippen molar-refractivity contribution in [2.75, 3.05) is 19.1 Å². The van der Waals surface area contributed by atoms with E-state index >= 15 is 0 Å². The lowest BCUT2D eigenvalue weighted by atomic mass is 9.94. The number of hydrogen-bond donors (Lipinski definition) is 1. The summed E-state index contributed by atoms with van der Waals surface area (Å²) < 4.78 is 20.7. The van der Waals surface area contributed by atoms with Gasteiger partial charge in [0.2, 0.25) is 0 Å². The molecule has 0 aliphatic rings. The summed E-state index contributed by atoms with van der Waals surface area (Å²) in [6, 6.07) is 20.9. The number of aromatic nitrogens is 2. The molecule has 0 radical (unpaired) electrons. The van der Waals surface area contributed by atoms with E-state index in [9.17, 15) is 14.0 Å². The highest BCUT2D eigenvalue weighted by molar-refractivity contribution is 7.98. The maximum Gasteiger partial charge on any atom is 0.328 e. The second-order valence-corrected chi connectivity index (χ2v) is 10.3. The van der Waals surface area contributed by atoms with E-state index in [-0.39, 0.29) is 11.7 Å². The topological polar surface area (TPSA) is 73.2 Å². The van der Waals surface area contributed by atoms with Gasteiger partial charge in [-0.15, -0.1) is 0 Å². The molecule has 0 aliphatic heterocycles. The van der Waals surface area contributed by atoms with Crippen LogP contribution in [0.25, 0.3) is 22.8 Å². The summed E-state index contributed by atoms with van der Waals surface area (Å²) in [5, 5.41) is 2.87. The van der Waals surface area contributed by atoms with Crippen molar-refractivity contribution < 1.29 is 18.7 Å². The normalized spacial score (nSPS) is 12.2. The molecule has 0 unspecified atom stereocenters. The number of hydrogen-bond acceptors (Lipinski definition) is 5. The number of aryl methyl sites for hydroxylation is 1. The summed E-state index contributed by atoms with van der Waals surface area (Å²) in [5.41, 5.74) is 5.78. The molecular weight excluding hydrogens is 525 g/mol. The summed E-state index contributed by atoms with van der Waals surface area (Å²) in [5.74, 6) is -0.412. The lowest BCUT2D eigenvalue weighted by Crippen LogP contribution is -2.42. The Balaban J connectivity index is 1.76. The van der Waals surface area contributed by atoms with E-state index < -0.39 is 12.0 Å². The Hall–Kier alpha value is -4.17. The van der Waals surface area contributed by atoms with Crippen LogP contribution in [-0.4, -0.2) is 46.6 Å². The van der Waals surface area contributed by atoms with Gasteiger partial charge in [0.15, 0.2) is 0 Å². The fraction of sp³-hybridized carbons (Fsp3) is 0.219. The molecule has 4 aromatic rings. The largest absolute Gasteiger partial charge is 0.467 e. The number of nitrogens with zero attached hydrogens (tertiary/aromatic N) is 2. The van der Waals surface area contributed by atoms with Gasteiger partial charge in [0.25, 0.3) is 5.91 Å². The first-order valence-electron chi connectivity index (χ1n) is 12.9. The summed E-state index contributed by atoms with van der Waals surface area (Å²) in [7, 11) is 1.32. The summed E-state index contributed by atoms with van der Waals surface area (Å²) in [4.78, 5) is 30.1. The number of nitrogens with one attached hydrogen (secondary N) is 1. The average Bonchev–Trinajstić information content (AvgIpc) is 3.39. The van der Waals surface area contributed by atoms with Crippen molar-refractivity contribution in [3.63, 3.8) is 0 Å². The van der Waals surface area contributed by atoms with Crippen molar-refractivity contribution in [1.29, 1.82) is 0 Å². The zero-order valence-corrected chi connectivity index (χ0v) is 23.6. The third kappa shape index (κ3) is 7.27. The number of esters is 1. The molecule has 0 saturated carbocycles. The molecule has 40 heavy (non-hydrogen) atoms. The molecule has 1 aromatic heterocycles. The molecule has 0 saturated heterocycles. The number of amides is 1. The van der Waals surface area contributed by atoms with E-state index in [1.807, 2.05) is 66.3 Å². The van der Waals surface area contributed by atoms with E-state index in [1.165, 1.54) is 19.2 Å². The van der Waals surface area contributed by atoms with Gasteiger partial charge in [-0.3, -0.25) is 4.79 Å². The molecule has 6 nitrogen and oxygen atoms in total. The number of ether oxygens (including phenoxy) is 1. The smallest absolute Gasteiger partial charge is 0.328 e. The Bertz CT molecular complexity index is 1480. The van der Waals surface area contributed by atoms with Crippen molar-refractivity contribution >= 4 is 35.3 Å². The van der Waals surface area contributed by atoms with Crippen molar-refractivity contribution in [2.24, 2.45) is 0 Å². The minimum atomic E-state index is -0.739. The van der Waals surface area contributed by atoms with Crippen LogP contribution < -0.4 is 5.32 Å². The van der Waals surface area contributed by atoms with Gasteiger partial charge in [0.1, 0.15) is 11.9 Å². The molecule has 1 amide bonds. The van der Waals surface area contributed by atoms with Gasteiger partial charge in [-0.1, -0.05) is 48.5 Å². The molecule has 0 spiro atoms. The lowest BCUT2D eigenvalue weighted by molar-refractivity contribution is -0.142. The predicted molar refractivity (Wildman–Crippen MR) is 159 cm³/mol. The summed E-state index contributed by atoms with van der Waals surface area (Å²) in [6.07, 6.45) is 8.02. The maximum absolute atomic E-state index is 13.7. The van der Waals surface area contributed by atoms with Crippen LogP contribution >= 0.6 is 11.8 Å². The van der Waals surface area contributed by atoms with Gasteiger partial charge in [-0.25, -0.2) is 14.2 Å². The first-order chi connectivity index (χ1) is 19.4. The van der Waals surface area contributed by atoms with E-state index in [1.54, 1.807) is 42.5 Å². The van der Waals surface area contributed by atoms with Crippen molar-refractivity contribution in [1.82, 2.24) is 14.9 Å². The zero-order valence-electron chi connectivity index (χ0n) is 22.8. The molecule has 0 aliphatic carbocycles. The van der Waals surface area contributed by atoms with Gasteiger partial charge in [0.05, 0.1) is 13.4 Å². The molecule has 1 N–H and O–H groups in total. The predicted octanol–water partition coefficient (Wildman–Crippen LogP) is 6.26. The first-order valence-corrected chi connectivity index (χ1v) is 14.3. The van der Waals surface area contributed by atoms with E-state index in [0.717, 1.165) is 33.5 Å². The van der Waals surface area contributed by atoms with E-state index in [2.05, 4.69) is 10.3 Å². The average molecular weight is 558 g/mol. The third-order valence-electron chi connectivity index (χ3n) is 6.59. The van der Waals surface area contributed by atoms with Crippen LogP contribution in [0.5, 0.6) is 0 Å². The molecule has 0 bridgehead atoms. The Kier molecular flexibility index (Phi) is 9.91. The third-order valence-corrected chi connectivity index (χ3v) is 7.24. The highest BCUT2D eigenvalue weighted by Gasteiger charge is 2.23. The number of allylic oxidation sites excluding steroid dienone is 1. The quantitative estimate of drug-likeness (QED) is 0.174. The Labute approximate surface area is 238 Å². The van der Waals surface area contributed by atoms with E-state index in [0.29, 0.717) is 24.3 Å². The second kappa shape index (κ2) is 13.8. The monoisotopic (exact) mass is 557 g/mol. The zero-order chi connectivity index (χ0) is 28.5. The van der Waals surface area contributed by atoms with Crippen LogP contribution in [-0.2, 0) is 16.1 Å². The minimum Gasteiger partial charge on any atom is -0.467 e. The van der Waals surface area contributed by atoms with Crippen LogP contribution in [0.1, 0.15) is 33.6 Å². The number of thioether (sulfide) groups is 1. The molecule has 4 rings (SSSR count). The SMILES string of the molecule is COC(=O)[C@H](CCSC)NC(=O)c1ccc(C=C(Cn2cncc2C)c2ccc(F)cc2)cc1-c1ccccc1. The fourth-order valence-electron chi connectivity index (χ4n) is 4.39. The number of imidazole rings is 1. The number of halogens is 1. The molecule has 206 valence electrons. The highest BCUT2D eigenvalue weighted by Crippen LogP contribution is 2.28. The van der Waals surface area contributed by atoms with Gasteiger partial charge in [-0.05, 0) is 83.5 Å². The maximum atomic E-state index is 13.7. The Morgan fingerprint density at radius 2 is 1.85 bits per heavy atom. The minimum absolute atomic E-state index is 0.300. The van der Waals surface area contributed by atoms with Crippen LogP contribution in [0, 0.1) is 12.7 Å². The number of carbonyl (C=O) groups is 2. The fourth-order valence-corrected chi connectivity index (χ4v) is 4.86. The van der Waals surface area contributed by atoms with E-state index in [4.69, 9.17) is 4.74 Å². The molecule has 8 heteroatoms. The number of benzene rings is 3. The standard InChI is InChI=1S/C32H32FN3O3S/c1-22-19-34-21-36(22)20-26(24-10-12-27(33)13-11-24)17-23-9-14-28(29(18-23)25-7-5-4-6-8-25)31(37)35-30(15-16-40-3)32(38)39-2/h4-14,17-19,21,30H,15-16,20H2,1-3H3,(H,35,37)/t30-/m0/s1. The van der Waals surface area contributed by atoms with Crippen molar-refractivity contribution in [3.05, 3.63) is 114 Å². The Morgan fingerprint density at radius 1 is 1.10 bits per heavy atom. The second-order valence-electron chi connectivity index (χ2n) is 9.34. The van der Waals surface area contributed by atoms with Crippen LogP contribution in [0.3, 0.4) is 0 Å². The van der Waals surface area contributed by atoms with Gasteiger partial charge in [-0.2, -0.15) is 11.8 Å². The number of carbonyl (C=O) groups excluding carboxylic acids is 2. The van der Waals surface area contributed by atoms with Crippen LogP contribution in [0.4, 0.5) is 4.39 Å². The van der Waals surface area contributed by atoms with Crippen LogP contribution in [0.15, 0.2) is 85.3 Å². The molecule has 0 fully saturated rings. The number of methoxy groups -OCH3 is 1. The number of rotatable bonds is 11. The van der Waals surface area contributed by atoms with Crippen LogP contribution in [0.2, 0.25) is 0 Å². The lowest BCUT2D eigenvalue weighted by Gasteiger charge is -2.18. The highest BCUT2D eigenvalue weighted by atomic mass is 32.2. The molecular formula is C32H32FN3O3S. The molecule has 1 heterocycles. The summed E-state index contributed by atoms with van der Waals surface area (Å²) in [6.45, 7) is 2.52. The van der Waals surface area contributed by atoms with Crippen molar-refractivity contribution in [3.8, 4) is 11.1 Å². The molecule has 3 aromatic carbocycles. The van der Waals surface area contributed by atoms with Gasteiger partial charge < -0.3 is 14.6 Å². The first kappa shape index (κ1) is 28.8. The molecule has 1 atom stereocenters. The van der Waals surface area contributed by atoms with Gasteiger partial charge in [0, 0.05) is 24.0 Å². The Morgan fingerprint density at radius 3 is 2.50 bits per heavy atom.